The number of hydrogen-bond acceptors (Lipinski definition) is 2. The molecule has 1 aliphatic carbocycles. The van der Waals surface area contributed by atoms with Gasteiger partial charge in [-0.15, -0.1) is 0 Å². The van der Waals surface area contributed by atoms with Gasteiger partial charge in [-0.25, -0.2) is 0 Å². The van der Waals surface area contributed by atoms with Gasteiger partial charge in [-0.1, -0.05) is 91.9 Å². The van der Waals surface area contributed by atoms with Crippen molar-refractivity contribution in [3.8, 4) is 0 Å². The molecule has 2 aliphatic rings. The van der Waals surface area contributed by atoms with E-state index in [1.165, 1.54) is 102 Å². The molecule has 0 saturated heterocycles. The van der Waals surface area contributed by atoms with Crippen LogP contribution in [0.1, 0.15) is 124 Å². The molecule has 3 atom stereocenters. The van der Waals surface area contributed by atoms with Crippen LogP contribution in [0.15, 0.2) is 16.9 Å². The lowest BCUT2D eigenvalue weighted by atomic mass is 9.72. The standard InChI is InChI=1S/C26H48N2/c1-5-9-13-21(8-4)26-25-17-12-16-23(18-19-24(25)20-27-28-26)22(14-10-6-2)15-11-7-3/h20-23,25,27H,5-19H2,1-4H3. The molecule has 1 saturated carbocycles. The summed E-state index contributed by atoms with van der Waals surface area (Å²) >= 11 is 0. The van der Waals surface area contributed by atoms with Gasteiger partial charge >= 0.3 is 0 Å². The molecule has 3 unspecified atom stereocenters. The third-order valence-corrected chi connectivity index (χ3v) is 7.46. The van der Waals surface area contributed by atoms with E-state index in [0.717, 1.165) is 11.8 Å². The van der Waals surface area contributed by atoms with Crippen LogP contribution in [-0.2, 0) is 0 Å². The van der Waals surface area contributed by atoms with Crippen LogP contribution in [-0.4, -0.2) is 5.71 Å². The van der Waals surface area contributed by atoms with Gasteiger partial charge < -0.3 is 0 Å². The Morgan fingerprint density at radius 1 is 0.929 bits per heavy atom. The minimum Gasteiger partial charge on any atom is -0.286 e. The molecule has 1 fully saturated rings. The van der Waals surface area contributed by atoms with E-state index in [9.17, 15) is 0 Å². The lowest BCUT2D eigenvalue weighted by molar-refractivity contribution is 0.236. The number of nitrogens with zero attached hydrogens (tertiary/aromatic N) is 1. The summed E-state index contributed by atoms with van der Waals surface area (Å²) in [5.74, 6) is 3.23. The van der Waals surface area contributed by atoms with E-state index >= 15 is 0 Å². The second-order valence-corrected chi connectivity index (χ2v) is 9.46. The maximum Gasteiger partial charge on any atom is 0.0484 e. The fourth-order valence-electron chi connectivity index (χ4n) is 5.63. The summed E-state index contributed by atoms with van der Waals surface area (Å²) in [5.41, 5.74) is 6.46. The Balaban J connectivity index is 2.01. The highest BCUT2D eigenvalue weighted by Crippen LogP contribution is 2.39. The van der Waals surface area contributed by atoms with Gasteiger partial charge in [0.25, 0.3) is 0 Å². The molecule has 0 aromatic rings. The molecule has 1 heterocycles. The molecule has 28 heavy (non-hydrogen) atoms. The quantitative estimate of drug-likeness (QED) is 0.357. The van der Waals surface area contributed by atoms with Gasteiger partial charge in [0.05, 0.1) is 0 Å². The molecule has 0 aromatic heterocycles. The summed E-state index contributed by atoms with van der Waals surface area (Å²) in [6.07, 6.45) is 22.8. The van der Waals surface area contributed by atoms with E-state index in [-0.39, 0.29) is 0 Å². The van der Waals surface area contributed by atoms with Crippen molar-refractivity contribution in [2.24, 2.45) is 28.8 Å². The minimum atomic E-state index is 0.633. The third-order valence-electron chi connectivity index (χ3n) is 7.46. The normalized spacial score (nSPS) is 23.9. The molecule has 0 spiro atoms. The zero-order valence-electron chi connectivity index (χ0n) is 19.4. The fraction of sp³-hybridized carbons (Fsp3) is 0.885. The van der Waals surface area contributed by atoms with Crippen molar-refractivity contribution in [3.05, 3.63) is 11.8 Å². The second-order valence-electron chi connectivity index (χ2n) is 9.46. The van der Waals surface area contributed by atoms with Crippen molar-refractivity contribution in [3.63, 3.8) is 0 Å². The minimum absolute atomic E-state index is 0.633. The Morgan fingerprint density at radius 3 is 2.25 bits per heavy atom. The molecule has 0 bridgehead atoms. The molecule has 2 rings (SSSR count). The molecule has 0 aromatic carbocycles. The molecular weight excluding hydrogens is 340 g/mol. The van der Waals surface area contributed by atoms with Crippen molar-refractivity contribution in [2.75, 3.05) is 0 Å². The van der Waals surface area contributed by atoms with Crippen molar-refractivity contribution in [2.45, 2.75) is 124 Å². The molecule has 1 N–H and O–H groups in total. The van der Waals surface area contributed by atoms with E-state index in [2.05, 4.69) is 39.3 Å². The van der Waals surface area contributed by atoms with Crippen LogP contribution >= 0.6 is 0 Å². The smallest absolute Gasteiger partial charge is 0.0484 e. The number of rotatable bonds is 12. The summed E-state index contributed by atoms with van der Waals surface area (Å²) < 4.78 is 0. The monoisotopic (exact) mass is 388 g/mol. The van der Waals surface area contributed by atoms with Crippen LogP contribution < -0.4 is 5.43 Å². The maximum atomic E-state index is 4.84. The first-order valence-electron chi connectivity index (χ1n) is 12.8. The Bertz CT molecular complexity index is 471. The topological polar surface area (TPSA) is 24.4 Å². The molecular formula is C26H48N2. The van der Waals surface area contributed by atoms with E-state index in [4.69, 9.17) is 5.10 Å². The van der Waals surface area contributed by atoms with Crippen LogP contribution in [0.25, 0.3) is 0 Å². The zero-order chi connectivity index (χ0) is 20.2. The van der Waals surface area contributed by atoms with Gasteiger partial charge in [0, 0.05) is 17.8 Å². The summed E-state index contributed by atoms with van der Waals surface area (Å²) in [6, 6.07) is 0. The molecule has 0 radical (unpaired) electrons. The average Bonchev–Trinajstić information content (AvgIpc) is 2.70. The van der Waals surface area contributed by atoms with Crippen LogP contribution in [0, 0.1) is 23.7 Å². The molecule has 0 amide bonds. The third kappa shape index (κ3) is 6.92. The van der Waals surface area contributed by atoms with Crippen molar-refractivity contribution in [1.82, 2.24) is 5.43 Å². The number of hydrogen-bond donors (Lipinski definition) is 1. The Kier molecular flexibility index (Phi) is 11.3. The largest absolute Gasteiger partial charge is 0.286 e. The van der Waals surface area contributed by atoms with Crippen molar-refractivity contribution >= 4 is 5.71 Å². The van der Waals surface area contributed by atoms with Gasteiger partial charge in [-0.2, -0.15) is 5.10 Å². The summed E-state index contributed by atoms with van der Waals surface area (Å²) in [4.78, 5) is 0. The Labute approximate surface area is 176 Å². The summed E-state index contributed by atoms with van der Waals surface area (Å²) in [7, 11) is 0. The summed E-state index contributed by atoms with van der Waals surface area (Å²) in [6.45, 7) is 9.36. The zero-order valence-corrected chi connectivity index (χ0v) is 19.4. The van der Waals surface area contributed by atoms with Gasteiger partial charge in [0.1, 0.15) is 0 Å². The number of hydrazone groups is 1. The molecule has 2 nitrogen and oxygen atoms in total. The predicted molar refractivity (Wildman–Crippen MR) is 125 cm³/mol. The summed E-state index contributed by atoms with van der Waals surface area (Å²) in [5, 5.41) is 4.84. The van der Waals surface area contributed by atoms with Gasteiger partial charge in [0.15, 0.2) is 0 Å². The van der Waals surface area contributed by atoms with E-state index in [1.54, 1.807) is 5.57 Å². The predicted octanol–water partition coefficient (Wildman–Crippen LogP) is 8.24. The molecule has 2 heteroatoms. The lowest BCUT2D eigenvalue weighted by Gasteiger charge is -2.35. The van der Waals surface area contributed by atoms with Crippen molar-refractivity contribution < 1.29 is 0 Å². The van der Waals surface area contributed by atoms with Crippen LogP contribution in [0.5, 0.6) is 0 Å². The average molecular weight is 389 g/mol. The Hall–Kier alpha value is -0.790. The lowest BCUT2D eigenvalue weighted by Crippen LogP contribution is -2.32. The van der Waals surface area contributed by atoms with E-state index in [0.29, 0.717) is 11.8 Å². The second kappa shape index (κ2) is 13.4. The van der Waals surface area contributed by atoms with E-state index < -0.39 is 0 Å². The first-order valence-corrected chi connectivity index (χ1v) is 12.8. The van der Waals surface area contributed by atoms with Gasteiger partial charge in [-0.3, -0.25) is 5.43 Å². The molecule has 1 aliphatic heterocycles. The number of nitrogens with one attached hydrogen (secondary N) is 1. The molecule has 162 valence electrons. The number of allylic oxidation sites excluding steroid dienone is 1. The number of unbranched alkanes of at least 4 members (excludes halogenated alkanes) is 3. The highest BCUT2D eigenvalue weighted by atomic mass is 15.3. The fourth-order valence-corrected chi connectivity index (χ4v) is 5.63. The van der Waals surface area contributed by atoms with Crippen LogP contribution in [0.4, 0.5) is 0 Å². The first kappa shape index (κ1) is 23.5. The first-order chi connectivity index (χ1) is 13.7. The number of fused-ring (bicyclic) bond motifs is 1. The van der Waals surface area contributed by atoms with Gasteiger partial charge in [-0.05, 0) is 55.4 Å². The van der Waals surface area contributed by atoms with Crippen LogP contribution in [0.2, 0.25) is 0 Å². The van der Waals surface area contributed by atoms with Crippen molar-refractivity contribution in [1.29, 1.82) is 0 Å². The highest BCUT2D eigenvalue weighted by Gasteiger charge is 2.31. The highest BCUT2D eigenvalue weighted by molar-refractivity contribution is 5.91. The van der Waals surface area contributed by atoms with E-state index in [1.807, 2.05) is 0 Å². The van der Waals surface area contributed by atoms with Crippen LogP contribution in [0.3, 0.4) is 0 Å². The SMILES string of the molecule is CCCCC(CC)C1=NNC=C2CCC(C(CCCC)CCCC)CCCC21. The van der Waals surface area contributed by atoms with Gasteiger partial charge in [0.2, 0.25) is 0 Å². The maximum absolute atomic E-state index is 4.84. The Morgan fingerprint density at radius 2 is 1.61 bits per heavy atom.